The summed E-state index contributed by atoms with van der Waals surface area (Å²) in [6.07, 6.45) is 9.07. The van der Waals surface area contributed by atoms with E-state index in [1.807, 2.05) is 13.0 Å². The van der Waals surface area contributed by atoms with Gasteiger partial charge in [-0.05, 0) is 48.9 Å². The topological polar surface area (TPSA) is 82.1 Å². The second kappa shape index (κ2) is 10.4. The molecule has 2 amide bonds. The van der Waals surface area contributed by atoms with Crippen molar-refractivity contribution in [2.75, 3.05) is 26.9 Å². The van der Waals surface area contributed by atoms with E-state index in [-0.39, 0.29) is 11.5 Å². The Bertz CT molecular complexity index is 899. The van der Waals surface area contributed by atoms with Crippen molar-refractivity contribution in [1.29, 1.82) is 0 Å². The van der Waals surface area contributed by atoms with Crippen molar-refractivity contribution in [3.63, 3.8) is 0 Å². The summed E-state index contributed by atoms with van der Waals surface area (Å²) in [6, 6.07) is 3.51. The Hall–Kier alpha value is -3.18. The number of hydrogen-bond acceptors (Lipinski definition) is 7. The normalized spacial score (nSPS) is 14.7. The van der Waals surface area contributed by atoms with Crippen LogP contribution in [0.25, 0.3) is 6.08 Å². The van der Waals surface area contributed by atoms with Crippen LogP contribution in [-0.2, 0) is 20.7 Å². The summed E-state index contributed by atoms with van der Waals surface area (Å²) in [5.41, 5.74) is 1.42. The largest absolute Gasteiger partial charge is 0.490 e. The quantitative estimate of drug-likeness (QED) is 0.265. The fraction of sp³-hybridized carbons (Fsp3) is 0.286. The summed E-state index contributed by atoms with van der Waals surface area (Å²) in [7, 11) is 1.19. The molecule has 1 fully saturated rings. The first-order chi connectivity index (χ1) is 13.9. The van der Waals surface area contributed by atoms with E-state index in [4.69, 9.17) is 15.9 Å². The number of nitrogens with zero attached hydrogens (tertiary/aromatic N) is 1. The maximum atomic E-state index is 12.5. The molecule has 0 aliphatic carbocycles. The number of imide groups is 1. The van der Waals surface area contributed by atoms with Gasteiger partial charge < -0.3 is 14.2 Å². The molecule has 0 saturated carbocycles. The standard InChI is InChI=1S/C21H21NO6S/c1-5-8-15-10-14(11-16(27-7-3)19(15)28-9-6-2)12-17-20(24)22(21(25)29-17)13-18(23)26-4/h2,5,10-12H,1,7-9,13H2,3-4H3. The molecule has 1 aliphatic rings. The molecular weight excluding hydrogens is 394 g/mol. The molecule has 8 heteroatoms. The van der Waals surface area contributed by atoms with Gasteiger partial charge in [-0.15, -0.1) is 13.0 Å². The Balaban J connectivity index is 2.42. The Morgan fingerprint density at radius 2 is 2.10 bits per heavy atom. The van der Waals surface area contributed by atoms with Gasteiger partial charge in [0, 0.05) is 5.56 Å². The maximum Gasteiger partial charge on any atom is 0.325 e. The molecule has 0 aromatic heterocycles. The third kappa shape index (κ3) is 5.42. The summed E-state index contributed by atoms with van der Waals surface area (Å²) in [5.74, 6) is 2.18. The van der Waals surface area contributed by atoms with Crippen LogP contribution in [0.3, 0.4) is 0 Å². The van der Waals surface area contributed by atoms with Gasteiger partial charge in [-0.3, -0.25) is 19.3 Å². The highest BCUT2D eigenvalue weighted by Crippen LogP contribution is 2.37. The van der Waals surface area contributed by atoms with Gasteiger partial charge in [0.05, 0.1) is 18.6 Å². The molecule has 1 heterocycles. The molecule has 1 saturated heterocycles. The molecule has 1 aromatic rings. The highest BCUT2D eigenvalue weighted by Gasteiger charge is 2.36. The lowest BCUT2D eigenvalue weighted by Crippen LogP contribution is -2.34. The summed E-state index contributed by atoms with van der Waals surface area (Å²) in [6.45, 7) is 5.64. The number of carbonyl (C=O) groups is 3. The highest BCUT2D eigenvalue weighted by molar-refractivity contribution is 8.18. The average molecular weight is 415 g/mol. The minimum absolute atomic E-state index is 0.0793. The van der Waals surface area contributed by atoms with E-state index in [9.17, 15) is 14.4 Å². The van der Waals surface area contributed by atoms with E-state index in [1.165, 1.54) is 7.11 Å². The second-order valence-electron chi connectivity index (χ2n) is 5.77. The average Bonchev–Trinajstić information content (AvgIpc) is 2.95. The van der Waals surface area contributed by atoms with Gasteiger partial charge in [0.15, 0.2) is 11.5 Å². The Morgan fingerprint density at radius 1 is 1.34 bits per heavy atom. The number of thioether (sulfide) groups is 1. The van der Waals surface area contributed by atoms with Crippen LogP contribution < -0.4 is 9.47 Å². The monoisotopic (exact) mass is 415 g/mol. The summed E-state index contributed by atoms with van der Waals surface area (Å²) < 4.78 is 15.8. The highest BCUT2D eigenvalue weighted by atomic mass is 32.2. The number of carbonyl (C=O) groups excluding carboxylic acids is 3. The number of methoxy groups -OCH3 is 1. The zero-order valence-electron chi connectivity index (χ0n) is 16.2. The van der Waals surface area contributed by atoms with Crippen molar-refractivity contribution in [2.24, 2.45) is 0 Å². The number of esters is 1. The number of benzene rings is 1. The van der Waals surface area contributed by atoms with E-state index in [1.54, 1.807) is 18.2 Å². The van der Waals surface area contributed by atoms with E-state index >= 15 is 0 Å². The van der Waals surface area contributed by atoms with Crippen molar-refractivity contribution in [3.8, 4) is 23.8 Å². The molecule has 2 rings (SSSR count). The molecule has 0 atom stereocenters. The molecule has 152 valence electrons. The van der Waals surface area contributed by atoms with Crippen LogP contribution in [0.5, 0.6) is 11.5 Å². The van der Waals surface area contributed by atoms with Crippen molar-refractivity contribution < 1.29 is 28.6 Å². The zero-order chi connectivity index (χ0) is 21.4. The van der Waals surface area contributed by atoms with E-state index in [0.717, 1.165) is 22.2 Å². The first kappa shape index (κ1) is 22.1. The molecule has 0 bridgehead atoms. The predicted octanol–water partition coefficient (Wildman–Crippen LogP) is 3.04. The van der Waals surface area contributed by atoms with E-state index in [0.29, 0.717) is 30.1 Å². The Kier molecular flexibility index (Phi) is 7.92. The van der Waals surface area contributed by atoms with Crippen LogP contribution in [-0.4, -0.2) is 48.9 Å². The first-order valence-electron chi connectivity index (χ1n) is 8.74. The van der Waals surface area contributed by atoms with Gasteiger partial charge in [-0.2, -0.15) is 0 Å². The number of allylic oxidation sites excluding steroid dienone is 1. The first-order valence-corrected chi connectivity index (χ1v) is 9.55. The maximum absolute atomic E-state index is 12.5. The fourth-order valence-corrected chi connectivity index (χ4v) is 3.43. The van der Waals surface area contributed by atoms with Crippen LogP contribution in [0, 0.1) is 12.3 Å². The van der Waals surface area contributed by atoms with E-state index in [2.05, 4.69) is 17.2 Å². The number of rotatable bonds is 9. The molecule has 1 aromatic carbocycles. The molecule has 0 spiro atoms. The number of ether oxygens (including phenoxy) is 3. The van der Waals surface area contributed by atoms with Gasteiger partial charge in [-0.25, -0.2) is 0 Å². The molecule has 1 aliphatic heterocycles. The van der Waals surface area contributed by atoms with E-state index < -0.39 is 23.7 Å². The SMILES string of the molecule is C#CCOc1c(CC=C)cc(C=C2SC(=O)N(CC(=O)OC)C2=O)cc1OCC. The third-order valence-electron chi connectivity index (χ3n) is 3.80. The summed E-state index contributed by atoms with van der Waals surface area (Å²) in [4.78, 5) is 37.1. The number of amides is 2. The van der Waals surface area contributed by atoms with Crippen LogP contribution in [0.4, 0.5) is 4.79 Å². The molecule has 29 heavy (non-hydrogen) atoms. The van der Waals surface area contributed by atoms with Gasteiger partial charge in [0.2, 0.25) is 0 Å². The zero-order valence-corrected chi connectivity index (χ0v) is 17.0. The van der Waals surface area contributed by atoms with Crippen molar-refractivity contribution in [3.05, 3.63) is 40.8 Å². The van der Waals surface area contributed by atoms with Gasteiger partial charge in [0.1, 0.15) is 13.2 Å². The Labute approximate surface area is 173 Å². The minimum Gasteiger partial charge on any atom is -0.490 e. The smallest absolute Gasteiger partial charge is 0.325 e. The van der Waals surface area contributed by atoms with Crippen molar-refractivity contribution in [2.45, 2.75) is 13.3 Å². The third-order valence-corrected chi connectivity index (χ3v) is 4.71. The van der Waals surface area contributed by atoms with Gasteiger partial charge in [-0.1, -0.05) is 12.0 Å². The molecule has 0 radical (unpaired) electrons. The van der Waals surface area contributed by atoms with Crippen molar-refractivity contribution in [1.82, 2.24) is 4.90 Å². The minimum atomic E-state index is -0.671. The van der Waals surface area contributed by atoms with Crippen molar-refractivity contribution >= 4 is 35.0 Å². The second-order valence-corrected chi connectivity index (χ2v) is 6.76. The number of hydrogen-bond donors (Lipinski definition) is 0. The Morgan fingerprint density at radius 3 is 2.72 bits per heavy atom. The predicted molar refractivity (Wildman–Crippen MR) is 111 cm³/mol. The summed E-state index contributed by atoms with van der Waals surface area (Å²) in [5, 5.41) is -0.531. The lowest BCUT2D eigenvalue weighted by molar-refractivity contribution is -0.143. The molecule has 7 nitrogen and oxygen atoms in total. The lowest BCUT2D eigenvalue weighted by Gasteiger charge is -2.15. The molecule has 0 unspecified atom stereocenters. The number of terminal acetylenes is 1. The van der Waals surface area contributed by atoms with Crippen LogP contribution >= 0.6 is 11.8 Å². The van der Waals surface area contributed by atoms with Crippen LogP contribution in [0.2, 0.25) is 0 Å². The van der Waals surface area contributed by atoms with Gasteiger partial charge in [0.25, 0.3) is 11.1 Å². The van der Waals surface area contributed by atoms with Gasteiger partial charge >= 0.3 is 5.97 Å². The summed E-state index contributed by atoms with van der Waals surface area (Å²) >= 11 is 0.758. The lowest BCUT2D eigenvalue weighted by atomic mass is 10.0. The molecular formula is C21H21NO6S. The fourth-order valence-electron chi connectivity index (χ4n) is 2.60. The van der Waals surface area contributed by atoms with Crippen LogP contribution in [0.15, 0.2) is 29.7 Å². The molecule has 0 N–H and O–H groups in total. The van der Waals surface area contributed by atoms with Crippen LogP contribution in [0.1, 0.15) is 18.1 Å².